The summed E-state index contributed by atoms with van der Waals surface area (Å²) >= 11 is 0. The third kappa shape index (κ3) is 8.57. The lowest BCUT2D eigenvalue weighted by Crippen LogP contribution is -2.26. The summed E-state index contributed by atoms with van der Waals surface area (Å²) < 4.78 is 45.8. The Labute approximate surface area is 243 Å². The molecule has 4 rings (SSSR count). The Hall–Kier alpha value is -3.88. The van der Waals surface area contributed by atoms with Crippen molar-refractivity contribution in [2.24, 2.45) is 5.92 Å². The minimum absolute atomic E-state index is 0.0145. The molecule has 0 unspecified atom stereocenters. The third-order valence-corrected chi connectivity index (χ3v) is 7.39. The predicted molar refractivity (Wildman–Crippen MR) is 155 cm³/mol. The lowest BCUT2D eigenvalue weighted by molar-refractivity contribution is -0.154. The van der Waals surface area contributed by atoms with Gasteiger partial charge in [0.1, 0.15) is 5.60 Å². The molecule has 1 aromatic heterocycles. The first-order valence-electron chi connectivity index (χ1n) is 14.3. The molecule has 0 bridgehead atoms. The average molecular weight is 583 g/mol. The Balaban J connectivity index is 1.47. The van der Waals surface area contributed by atoms with Crippen molar-refractivity contribution in [2.45, 2.75) is 83.5 Å². The molecule has 1 atom stereocenters. The first-order chi connectivity index (χ1) is 19.8. The molecule has 2 aromatic carbocycles. The van der Waals surface area contributed by atoms with Gasteiger partial charge in [-0.15, -0.1) is 0 Å². The van der Waals surface area contributed by atoms with Gasteiger partial charge in [-0.2, -0.15) is 13.2 Å². The van der Waals surface area contributed by atoms with Crippen LogP contribution in [0.2, 0.25) is 0 Å². The first-order valence-corrected chi connectivity index (χ1v) is 14.3. The summed E-state index contributed by atoms with van der Waals surface area (Å²) in [7, 11) is 0. The number of amides is 1. The van der Waals surface area contributed by atoms with Crippen LogP contribution in [0.3, 0.4) is 0 Å². The van der Waals surface area contributed by atoms with Gasteiger partial charge in [-0.25, -0.2) is 0 Å². The number of aromatic nitrogens is 1. The Morgan fingerprint density at radius 2 is 1.67 bits per heavy atom. The van der Waals surface area contributed by atoms with E-state index in [1.165, 1.54) is 0 Å². The zero-order valence-corrected chi connectivity index (χ0v) is 24.2. The van der Waals surface area contributed by atoms with Crippen LogP contribution in [0, 0.1) is 5.92 Å². The number of esters is 1. The van der Waals surface area contributed by atoms with E-state index in [1.54, 1.807) is 12.1 Å². The van der Waals surface area contributed by atoms with E-state index < -0.39 is 28.8 Å². The highest BCUT2D eigenvalue weighted by molar-refractivity contribution is 5.96. The van der Waals surface area contributed by atoms with Gasteiger partial charge in [-0.3, -0.25) is 14.4 Å². The molecule has 3 aromatic rings. The lowest BCUT2D eigenvalue weighted by Gasteiger charge is -2.24. The molecular formula is C33H37F3N2O4. The summed E-state index contributed by atoms with van der Waals surface area (Å²) in [6.45, 7) is 5.46. The van der Waals surface area contributed by atoms with Gasteiger partial charge in [0.2, 0.25) is 5.91 Å². The second-order valence-electron chi connectivity index (χ2n) is 11.9. The Kier molecular flexibility index (Phi) is 9.59. The summed E-state index contributed by atoms with van der Waals surface area (Å²) in [4.78, 5) is 38.0. The Morgan fingerprint density at radius 3 is 2.31 bits per heavy atom. The van der Waals surface area contributed by atoms with Gasteiger partial charge in [0.05, 0.1) is 18.0 Å². The van der Waals surface area contributed by atoms with Gasteiger partial charge in [0, 0.05) is 24.4 Å². The molecule has 0 saturated heterocycles. The van der Waals surface area contributed by atoms with Crippen LogP contribution in [0.25, 0.3) is 0 Å². The van der Waals surface area contributed by atoms with E-state index in [1.807, 2.05) is 57.2 Å². The van der Waals surface area contributed by atoms with Crippen molar-refractivity contribution in [3.63, 3.8) is 0 Å². The average Bonchev–Trinajstić information content (AvgIpc) is 3.43. The number of pyridine rings is 1. The monoisotopic (exact) mass is 582 g/mol. The van der Waals surface area contributed by atoms with Crippen molar-refractivity contribution in [3.05, 3.63) is 99.5 Å². The van der Waals surface area contributed by atoms with Gasteiger partial charge in [0.25, 0.3) is 5.56 Å². The number of benzene rings is 2. The van der Waals surface area contributed by atoms with E-state index >= 15 is 0 Å². The second-order valence-corrected chi connectivity index (χ2v) is 11.9. The molecule has 0 radical (unpaired) electrons. The van der Waals surface area contributed by atoms with Crippen molar-refractivity contribution >= 4 is 17.6 Å². The SMILES string of the molecule is CC(C)(C)OC(=O)CCc1cccc(NC(=O)[C@H](c2ccc(Cn3cc(C(F)(F)F)ccc3=O)cc2)C2CCCC2)c1. The van der Waals surface area contributed by atoms with Gasteiger partial charge in [0.15, 0.2) is 0 Å². The maximum atomic E-state index is 13.6. The van der Waals surface area contributed by atoms with E-state index in [9.17, 15) is 27.6 Å². The molecule has 1 aliphatic carbocycles. The molecule has 0 spiro atoms. The summed E-state index contributed by atoms with van der Waals surface area (Å²) in [5, 5.41) is 3.06. The number of carbonyl (C=O) groups is 2. The molecule has 0 aliphatic heterocycles. The molecule has 9 heteroatoms. The number of alkyl halides is 3. The number of anilines is 1. The van der Waals surface area contributed by atoms with Crippen LogP contribution in [-0.2, 0) is 33.5 Å². The fourth-order valence-corrected chi connectivity index (χ4v) is 5.44. The predicted octanol–water partition coefficient (Wildman–Crippen LogP) is 7.10. The van der Waals surface area contributed by atoms with Crippen LogP contribution in [-0.4, -0.2) is 22.0 Å². The minimum atomic E-state index is -4.54. The normalized spacial score (nSPS) is 14.9. The highest BCUT2D eigenvalue weighted by atomic mass is 19.4. The third-order valence-electron chi connectivity index (χ3n) is 7.39. The highest BCUT2D eigenvalue weighted by Crippen LogP contribution is 2.38. The molecule has 6 nitrogen and oxygen atoms in total. The van der Waals surface area contributed by atoms with E-state index in [2.05, 4.69) is 5.32 Å². The number of carbonyl (C=O) groups excluding carboxylic acids is 2. The number of rotatable bonds is 9. The number of aryl methyl sites for hydroxylation is 1. The number of nitrogens with one attached hydrogen (secondary N) is 1. The first kappa shape index (κ1) is 31.1. The van der Waals surface area contributed by atoms with E-state index in [0.717, 1.165) is 59.7 Å². The van der Waals surface area contributed by atoms with Crippen LogP contribution >= 0.6 is 0 Å². The molecule has 1 heterocycles. The van der Waals surface area contributed by atoms with Gasteiger partial charge >= 0.3 is 12.1 Å². The zero-order valence-electron chi connectivity index (χ0n) is 24.2. The molecular weight excluding hydrogens is 545 g/mol. The van der Waals surface area contributed by atoms with Crippen molar-refractivity contribution in [1.82, 2.24) is 4.57 Å². The lowest BCUT2D eigenvalue weighted by atomic mass is 9.83. The maximum Gasteiger partial charge on any atom is 0.417 e. The van der Waals surface area contributed by atoms with Crippen molar-refractivity contribution in [1.29, 1.82) is 0 Å². The van der Waals surface area contributed by atoms with Crippen molar-refractivity contribution in [3.8, 4) is 0 Å². The minimum Gasteiger partial charge on any atom is -0.460 e. The zero-order chi connectivity index (χ0) is 30.5. The molecule has 1 fully saturated rings. The largest absolute Gasteiger partial charge is 0.460 e. The van der Waals surface area contributed by atoms with E-state index in [-0.39, 0.29) is 30.8 Å². The molecule has 1 N–H and O–H groups in total. The van der Waals surface area contributed by atoms with Crippen LogP contribution in [0.4, 0.5) is 18.9 Å². The summed E-state index contributed by atoms with van der Waals surface area (Å²) in [5.74, 6) is -0.645. The van der Waals surface area contributed by atoms with Gasteiger partial charge < -0.3 is 14.6 Å². The standard InChI is InChI=1S/C33H37F3N2O4/c1-32(2,3)42-29(40)18-13-22-7-6-10-27(19-22)37-31(41)30(24-8-4-5-9-24)25-14-11-23(12-15-25)20-38-21-26(33(34,35)36)16-17-28(38)39/h6-7,10-12,14-17,19,21,24,30H,4-5,8-9,13,18,20H2,1-3H3,(H,37,41)/t30-/m0/s1. The molecule has 1 aliphatic rings. The number of ether oxygens (including phenoxy) is 1. The quantitative estimate of drug-likeness (QED) is 0.273. The Morgan fingerprint density at radius 1 is 0.976 bits per heavy atom. The van der Waals surface area contributed by atoms with Gasteiger partial charge in [-0.05, 0) is 80.8 Å². The number of nitrogens with zero attached hydrogens (tertiary/aromatic N) is 1. The maximum absolute atomic E-state index is 13.6. The fraction of sp³-hybridized carbons (Fsp3) is 0.424. The van der Waals surface area contributed by atoms with Crippen LogP contribution in [0.15, 0.2) is 71.7 Å². The fourth-order valence-electron chi connectivity index (χ4n) is 5.44. The molecule has 1 amide bonds. The molecule has 1 saturated carbocycles. The topological polar surface area (TPSA) is 77.4 Å². The van der Waals surface area contributed by atoms with Crippen molar-refractivity contribution in [2.75, 3.05) is 5.32 Å². The number of hydrogen-bond acceptors (Lipinski definition) is 4. The van der Waals surface area contributed by atoms with Crippen LogP contribution < -0.4 is 10.9 Å². The van der Waals surface area contributed by atoms with Gasteiger partial charge in [-0.1, -0.05) is 49.2 Å². The van der Waals surface area contributed by atoms with Crippen LogP contribution in [0.5, 0.6) is 0 Å². The molecule has 42 heavy (non-hydrogen) atoms. The second kappa shape index (κ2) is 13.0. The highest BCUT2D eigenvalue weighted by Gasteiger charge is 2.33. The number of hydrogen-bond donors (Lipinski definition) is 1. The summed E-state index contributed by atoms with van der Waals surface area (Å²) in [6.07, 6.45) is 0.950. The Bertz CT molecular complexity index is 1450. The van der Waals surface area contributed by atoms with Crippen LogP contribution in [0.1, 0.15) is 81.0 Å². The summed E-state index contributed by atoms with van der Waals surface area (Å²) in [6, 6.07) is 16.3. The molecule has 224 valence electrons. The van der Waals surface area contributed by atoms with E-state index in [4.69, 9.17) is 4.74 Å². The summed E-state index contributed by atoms with van der Waals surface area (Å²) in [5.41, 5.74) is 1.07. The van der Waals surface area contributed by atoms with E-state index in [0.29, 0.717) is 17.7 Å². The smallest absolute Gasteiger partial charge is 0.417 e. The number of halogens is 3. The van der Waals surface area contributed by atoms with Crippen molar-refractivity contribution < 1.29 is 27.5 Å².